The predicted octanol–water partition coefficient (Wildman–Crippen LogP) is 3.17. The number of esters is 1. The standard InChI is InChI=1S/C26H40N2O5S/c1-4-7-15-27(14-6-3)24(31)22-26-13-12-19(34-26)20(25(32)33-18-8-5-2)21(26)23(30)28(22)16-10-9-11-17-29/h5-6,19-22,29H,2-4,7-18H2,1H3/t19-,20+,21-,22?,26?/m0/s1. The Morgan fingerprint density at radius 2 is 2.06 bits per heavy atom. The van der Waals surface area contributed by atoms with Gasteiger partial charge in [-0.3, -0.25) is 14.4 Å². The molecule has 0 aromatic heterocycles. The number of ether oxygens (including phenoxy) is 1. The highest BCUT2D eigenvalue weighted by Crippen LogP contribution is 2.66. The van der Waals surface area contributed by atoms with Crippen LogP contribution in [0.3, 0.4) is 0 Å². The van der Waals surface area contributed by atoms with Crippen molar-refractivity contribution >= 4 is 29.5 Å². The first-order valence-electron chi connectivity index (χ1n) is 12.7. The van der Waals surface area contributed by atoms with Crippen LogP contribution in [0.1, 0.15) is 58.3 Å². The maximum atomic E-state index is 14.0. The number of carbonyl (C=O) groups is 3. The highest BCUT2D eigenvalue weighted by Gasteiger charge is 2.74. The second kappa shape index (κ2) is 12.2. The molecule has 34 heavy (non-hydrogen) atoms. The fraction of sp³-hybridized carbons (Fsp3) is 0.731. The number of amides is 2. The van der Waals surface area contributed by atoms with Crippen molar-refractivity contribution in [2.75, 3.05) is 32.8 Å². The van der Waals surface area contributed by atoms with E-state index in [1.807, 2.05) is 4.90 Å². The molecular weight excluding hydrogens is 452 g/mol. The average Bonchev–Trinajstić information content (AvgIpc) is 3.46. The van der Waals surface area contributed by atoms with Gasteiger partial charge in [0.25, 0.3) is 0 Å². The number of fused-ring (bicyclic) bond motifs is 1. The molecule has 7 nitrogen and oxygen atoms in total. The summed E-state index contributed by atoms with van der Waals surface area (Å²) in [5, 5.41) is 9.17. The van der Waals surface area contributed by atoms with Crippen LogP contribution >= 0.6 is 11.8 Å². The predicted molar refractivity (Wildman–Crippen MR) is 134 cm³/mol. The third-order valence-corrected chi connectivity index (χ3v) is 9.32. The molecule has 2 unspecified atom stereocenters. The lowest BCUT2D eigenvalue weighted by Gasteiger charge is -2.37. The normalized spacial score (nSPS) is 29.2. The molecule has 0 aromatic rings. The van der Waals surface area contributed by atoms with Crippen LogP contribution in [0.4, 0.5) is 0 Å². The van der Waals surface area contributed by atoms with Crippen molar-refractivity contribution in [2.45, 2.75) is 74.3 Å². The maximum Gasteiger partial charge on any atom is 0.310 e. The van der Waals surface area contributed by atoms with E-state index in [2.05, 4.69) is 20.1 Å². The Labute approximate surface area is 208 Å². The molecule has 2 amide bonds. The summed E-state index contributed by atoms with van der Waals surface area (Å²) in [7, 11) is 0. The molecule has 0 aromatic carbocycles. The number of carbonyl (C=O) groups excluding carboxylic acids is 3. The summed E-state index contributed by atoms with van der Waals surface area (Å²) in [4.78, 5) is 44.5. The topological polar surface area (TPSA) is 87.2 Å². The van der Waals surface area contributed by atoms with Gasteiger partial charge in [0.15, 0.2) is 0 Å². The van der Waals surface area contributed by atoms with E-state index in [4.69, 9.17) is 9.84 Å². The van der Waals surface area contributed by atoms with Crippen LogP contribution in [0.25, 0.3) is 0 Å². The lowest BCUT2D eigenvalue weighted by Crippen LogP contribution is -2.55. The number of likely N-dealkylation sites (tertiary alicyclic amines) is 1. The van der Waals surface area contributed by atoms with Crippen molar-refractivity contribution in [3.05, 3.63) is 25.3 Å². The summed E-state index contributed by atoms with van der Waals surface area (Å²) in [6.07, 6.45) is 9.63. The molecule has 8 heteroatoms. The summed E-state index contributed by atoms with van der Waals surface area (Å²) in [5.74, 6) is -1.45. The Bertz CT molecular complexity index is 774. The number of unbranched alkanes of at least 4 members (excludes halogenated alkanes) is 3. The van der Waals surface area contributed by atoms with Gasteiger partial charge in [-0.15, -0.1) is 24.9 Å². The molecule has 190 valence electrons. The Morgan fingerprint density at radius 1 is 1.26 bits per heavy atom. The monoisotopic (exact) mass is 492 g/mol. The molecule has 1 N–H and O–H groups in total. The Hall–Kier alpha value is -1.80. The number of aliphatic hydroxyl groups excluding tert-OH is 1. The first-order chi connectivity index (χ1) is 16.5. The minimum Gasteiger partial charge on any atom is -0.465 e. The van der Waals surface area contributed by atoms with Gasteiger partial charge in [0.2, 0.25) is 11.8 Å². The van der Waals surface area contributed by atoms with Crippen LogP contribution in [0.5, 0.6) is 0 Å². The molecule has 3 fully saturated rings. The van der Waals surface area contributed by atoms with E-state index in [-0.39, 0.29) is 36.2 Å². The summed E-state index contributed by atoms with van der Waals surface area (Å²) in [5.41, 5.74) is 0. The van der Waals surface area contributed by atoms with Gasteiger partial charge in [-0.1, -0.05) is 25.5 Å². The number of thioether (sulfide) groups is 1. The zero-order valence-corrected chi connectivity index (χ0v) is 21.3. The molecule has 3 aliphatic heterocycles. The quantitative estimate of drug-likeness (QED) is 0.215. The van der Waals surface area contributed by atoms with Crippen molar-refractivity contribution in [2.24, 2.45) is 11.8 Å². The van der Waals surface area contributed by atoms with E-state index < -0.39 is 22.6 Å². The molecule has 1 spiro atoms. The van der Waals surface area contributed by atoms with Crippen LogP contribution in [0.15, 0.2) is 25.3 Å². The largest absolute Gasteiger partial charge is 0.465 e. The van der Waals surface area contributed by atoms with Gasteiger partial charge in [0.05, 0.1) is 23.2 Å². The highest BCUT2D eigenvalue weighted by atomic mass is 32.2. The van der Waals surface area contributed by atoms with Crippen molar-refractivity contribution in [3.63, 3.8) is 0 Å². The Kier molecular flexibility index (Phi) is 9.65. The number of hydrogen-bond donors (Lipinski definition) is 1. The maximum absolute atomic E-state index is 14.0. The smallest absolute Gasteiger partial charge is 0.310 e. The molecular formula is C26H40N2O5S. The third-order valence-electron chi connectivity index (χ3n) is 7.37. The second-order valence-corrected chi connectivity index (χ2v) is 11.1. The highest BCUT2D eigenvalue weighted by molar-refractivity contribution is 8.02. The number of rotatable bonds is 15. The van der Waals surface area contributed by atoms with E-state index in [1.54, 1.807) is 28.8 Å². The van der Waals surface area contributed by atoms with Crippen LogP contribution in [0, 0.1) is 11.8 Å². The van der Waals surface area contributed by atoms with Gasteiger partial charge < -0.3 is 19.6 Å². The van der Waals surface area contributed by atoms with Crippen molar-refractivity contribution in [1.29, 1.82) is 0 Å². The van der Waals surface area contributed by atoms with Gasteiger partial charge >= 0.3 is 5.97 Å². The molecule has 3 saturated heterocycles. The minimum atomic E-state index is -0.580. The summed E-state index contributed by atoms with van der Waals surface area (Å²) < 4.78 is 4.94. The van der Waals surface area contributed by atoms with E-state index in [0.29, 0.717) is 32.5 Å². The van der Waals surface area contributed by atoms with Crippen LogP contribution in [-0.4, -0.2) is 81.6 Å². The fourth-order valence-electron chi connectivity index (χ4n) is 5.82. The van der Waals surface area contributed by atoms with Gasteiger partial charge in [0, 0.05) is 31.5 Å². The molecule has 3 heterocycles. The fourth-order valence-corrected chi connectivity index (χ4v) is 8.02. The second-order valence-electron chi connectivity index (χ2n) is 9.54. The van der Waals surface area contributed by atoms with Crippen LogP contribution < -0.4 is 0 Å². The number of nitrogens with zero attached hydrogens (tertiary/aromatic N) is 2. The lowest BCUT2D eigenvalue weighted by molar-refractivity contribution is -0.154. The van der Waals surface area contributed by atoms with Gasteiger partial charge in [0.1, 0.15) is 6.04 Å². The van der Waals surface area contributed by atoms with Crippen LogP contribution in [-0.2, 0) is 19.1 Å². The number of hydrogen-bond acceptors (Lipinski definition) is 6. The van der Waals surface area contributed by atoms with Crippen molar-refractivity contribution in [1.82, 2.24) is 9.80 Å². The summed E-state index contributed by atoms with van der Waals surface area (Å²) in [6.45, 7) is 11.5. The molecule has 5 atom stereocenters. The summed E-state index contributed by atoms with van der Waals surface area (Å²) >= 11 is 1.68. The summed E-state index contributed by atoms with van der Waals surface area (Å²) in [6, 6.07) is -0.572. The lowest BCUT2D eigenvalue weighted by atomic mass is 9.71. The van der Waals surface area contributed by atoms with E-state index in [0.717, 1.165) is 38.5 Å². The van der Waals surface area contributed by atoms with Gasteiger partial charge in [-0.2, -0.15) is 0 Å². The minimum absolute atomic E-state index is 0.0144. The van der Waals surface area contributed by atoms with Gasteiger partial charge in [-0.25, -0.2) is 0 Å². The molecule has 0 radical (unpaired) electrons. The van der Waals surface area contributed by atoms with E-state index >= 15 is 0 Å². The SMILES string of the molecule is C=CCCOC(=O)[C@@H]1[C@@H]2CCC3(S2)C(C(=O)N(CC=C)CCCC)N(CCCCCO)C(=O)[C@H]13. The molecule has 3 aliphatic rings. The molecule has 3 rings (SSSR count). The first kappa shape index (κ1) is 26.8. The van der Waals surface area contributed by atoms with Crippen LogP contribution in [0.2, 0.25) is 0 Å². The van der Waals surface area contributed by atoms with Crippen molar-refractivity contribution in [3.8, 4) is 0 Å². The number of aliphatic hydroxyl groups is 1. The average molecular weight is 493 g/mol. The first-order valence-corrected chi connectivity index (χ1v) is 13.6. The third kappa shape index (κ3) is 5.08. The van der Waals surface area contributed by atoms with E-state index in [9.17, 15) is 14.4 Å². The zero-order chi connectivity index (χ0) is 24.7. The van der Waals surface area contributed by atoms with E-state index in [1.165, 1.54) is 0 Å². The Balaban J connectivity index is 1.91. The Morgan fingerprint density at radius 3 is 2.74 bits per heavy atom. The molecule has 0 saturated carbocycles. The molecule has 0 aliphatic carbocycles. The van der Waals surface area contributed by atoms with Gasteiger partial charge in [-0.05, 0) is 44.9 Å². The van der Waals surface area contributed by atoms with Crippen molar-refractivity contribution < 1.29 is 24.2 Å². The zero-order valence-electron chi connectivity index (χ0n) is 20.5. The molecule has 2 bridgehead atoms.